The number of ether oxygens (including phenoxy) is 1. The third-order valence-electron chi connectivity index (χ3n) is 5.46. The van der Waals surface area contributed by atoms with E-state index >= 15 is 0 Å². The molecule has 4 rings (SSSR count). The summed E-state index contributed by atoms with van der Waals surface area (Å²) in [4.78, 5) is 19.1. The topological polar surface area (TPSA) is 80.5 Å². The van der Waals surface area contributed by atoms with Crippen LogP contribution in [0.25, 0.3) is 11.4 Å². The van der Waals surface area contributed by atoms with Gasteiger partial charge < -0.3 is 19.5 Å². The second-order valence-electron chi connectivity index (χ2n) is 7.45. The van der Waals surface area contributed by atoms with E-state index in [0.717, 1.165) is 42.8 Å². The lowest BCUT2D eigenvalue weighted by atomic mass is 9.98. The Balaban J connectivity index is 1.40. The number of aryl methyl sites for hydroxylation is 1. The number of likely N-dealkylation sites (tertiary alicyclic amines) is 1. The van der Waals surface area contributed by atoms with Crippen LogP contribution in [0.1, 0.15) is 37.1 Å². The van der Waals surface area contributed by atoms with Crippen LogP contribution in [0.2, 0.25) is 0 Å². The van der Waals surface area contributed by atoms with E-state index in [2.05, 4.69) is 22.4 Å². The van der Waals surface area contributed by atoms with Gasteiger partial charge in [0.05, 0.1) is 13.0 Å². The zero-order valence-corrected chi connectivity index (χ0v) is 17.3. The van der Waals surface area contributed by atoms with E-state index in [1.54, 1.807) is 7.11 Å². The van der Waals surface area contributed by atoms with E-state index in [9.17, 15) is 4.79 Å². The van der Waals surface area contributed by atoms with E-state index in [4.69, 9.17) is 9.26 Å². The van der Waals surface area contributed by atoms with Gasteiger partial charge in [-0.2, -0.15) is 4.98 Å². The average Bonchev–Trinajstić information content (AvgIpc) is 3.30. The molecule has 1 aliphatic heterocycles. The maximum Gasteiger partial charge on any atom is 0.321 e. The van der Waals surface area contributed by atoms with Crippen LogP contribution in [0.5, 0.6) is 5.75 Å². The zero-order chi connectivity index (χ0) is 20.9. The summed E-state index contributed by atoms with van der Waals surface area (Å²) in [5.74, 6) is 1.93. The van der Waals surface area contributed by atoms with Gasteiger partial charge in [0.25, 0.3) is 0 Å². The lowest BCUT2D eigenvalue weighted by Gasteiger charge is -2.31. The van der Waals surface area contributed by atoms with Crippen molar-refractivity contribution < 1.29 is 14.1 Å². The quantitative estimate of drug-likeness (QED) is 0.663. The van der Waals surface area contributed by atoms with Crippen LogP contribution < -0.4 is 10.1 Å². The average molecular weight is 406 g/mol. The predicted octanol–water partition coefficient (Wildman–Crippen LogP) is 4.72. The van der Waals surface area contributed by atoms with Gasteiger partial charge in [-0.3, -0.25) is 0 Å². The van der Waals surface area contributed by atoms with Crippen molar-refractivity contribution in [2.75, 3.05) is 25.5 Å². The number of urea groups is 1. The van der Waals surface area contributed by atoms with Crippen molar-refractivity contribution in [2.45, 2.75) is 32.1 Å². The molecule has 1 aromatic heterocycles. The minimum absolute atomic E-state index is 0.0338. The Morgan fingerprint density at radius 1 is 1.20 bits per heavy atom. The molecule has 0 unspecified atom stereocenters. The van der Waals surface area contributed by atoms with Gasteiger partial charge in [0.15, 0.2) is 0 Å². The summed E-state index contributed by atoms with van der Waals surface area (Å²) in [6.07, 6.45) is 2.79. The minimum Gasteiger partial charge on any atom is -0.497 e. The summed E-state index contributed by atoms with van der Waals surface area (Å²) in [6, 6.07) is 15.4. The Morgan fingerprint density at radius 2 is 1.97 bits per heavy atom. The van der Waals surface area contributed by atoms with Crippen LogP contribution in [0.3, 0.4) is 0 Å². The largest absolute Gasteiger partial charge is 0.497 e. The fraction of sp³-hybridized carbons (Fsp3) is 0.348. The van der Waals surface area contributed by atoms with Crippen molar-refractivity contribution in [3.8, 4) is 17.1 Å². The van der Waals surface area contributed by atoms with E-state index in [1.165, 1.54) is 5.56 Å². The zero-order valence-electron chi connectivity index (χ0n) is 17.3. The summed E-state index contributed by atoms with van der Waals surface area (Å²) in [6.45, 7) is 3.39. The molecule has 1 aliphatic rings. The molecule has 3 aromatic rings. The number of nitrogens with zero attached hydrogens (tertiary/aromatic N) is 3. The first kappa shape index (κ1) is 19.9. The number of carbonyl (C=O) groups is 1. The summed E-state index contributed by atoms with van der Waals surface area (Å²) in [5.41, 5.74) is 2.92. The number of anilines is 1. The Bertz CT molecular complexity index is 982. The molecule has 7 nitrogen and oxygen atoms in total. The molecule has 7 heteroatoms. The van der Waals surface area contributed by atoms with Gasteiger partial charge in [0.2, 0.25) is 11.7 Å². The number of aromatic nitrogens is 2. The first-order valence-electron chi connectivity index (χ1n) is 10.3. The smallest absolute Gasteiger partial charge is 0.321 e. The van der Waals surface area contributed by atoms with Crippen LogP contribution >= 0.6 is 0 Å². The summed E-state index contributed by atoms with van der Waals surface area (Å²) < 4.78 is 10.7. The van der Waals surface area contributed by atoms with Gasteiger partial charge in [-0.15, -0.1) is 0 Å². The maximum atomic E-state index is 12.7. The van der Waals surface area contributed by atoms with E-state index in [-0.39, 0.29) is 11.9 Å². The summed E-state index contributed by atoms with van der Waals surface area (Å²) in [7, 11) is 1.63. The molecule has 1 N–H and O–H groups in total. The van der Waals surface area contributed by atoms with Crippen LogP contribution in [-0.4, -0.2) is 41.3 Å². The molecule has 0 spiro atoms. The molecule has 2 amide bonds. The fourth-order valence-electron chi connectivity index (χ4n) is 3.65. The molecule has 30 heavy (non-hydrogen) atoms. The highest BCUT2D eigenvalue weighted by Crippen LogP contribution is 2.28. The first-order valence-corrected chi connectivity index (χ1v) is 10.3. The highest BCUT2D eigenvalue weighted by Gasteiger charge is 2.28. The highest BCUT2D eigenvalue weighted by atomic mass is 16.5. The Labute approximate surface area is 176 Å². The number of piperidine rings is 1. The Kier molecular flexibility index (Phi) is 5.97. The number of amides is 2. The molecule has 0 radical (unpaired) electrons. The Hall–Kier alpha value is -3.35. The Morgan fingerprint density at radius 3 is 2.67 bits per heavy atom. The first-order chi connectivity index (χ1) is 14.7. The lowest BCUT2D eigenvalue weighted by Crippen LogP contribution is -2.41. The van der Waals surface area contributed by atoms with Crippen molar-refractivity contribution in [3.63, 3.8) is 0 Å². The van der Waals surface area contributed by atoms with E-state index in [1.807, 2.05) is 53.4 Å². The molecule has 0 saturated carbocycles. The molecule has 2 heterocycles. The van der Waals surface area contributed by atoms with Gasteiger partial charge in [-0.25, -0.2) is 4.79 Å². The van der Waals surface area contributed by atoms with Crippen LogP contribution in [0, 0.1) is 0 Å². The van der Waals surface area contributed by atoms with Gasteiger partial charge in [0, 0.05) is 24.3 Å². The molecule has 1 atom stereocenters. The second-order valence-corrected chi connectivity index (χ2v) is 7.45. The molecule has 0 aliphatic carbocycles. The number of carbonyl (C=O) groups excluding carboxylic acids is 1. The molecule has 2 aromatic carbocycles. The fourth-order valence-corrected chi connectivity index (χ4v) is 3.65. The predicted molar refractivity (Wildman–Crippen MR) is 115 cm³/mol. The molecule has 156 valence electrons. The number of hydrogen-bond donors (Lipinski definition) is 1. The number of hydrogen-bond acceptors (Lipinski definition) is 5. The van der Waals surface area contributed by atoms with Crippen molar-refractivity contribution in [1.29, 1.82) is 0 Å². The summed E-state index contributed by atoms with van der Waals surface area (Å²) >= 11 is 0. The number of methoxy groups -OCH3 is 1. The minimum atomic E-state index is -0.0983. The molecular weight excluding hydrogens is 380 g/mol. The van der Waals surface area contributed by atoms with Gasteiger partial charge in [-0.1, -0.05) is 24.2 Å². The standard InChI is InChI=1S/C23H26N4O3/c1-3-16-6-10-19(11-7-16)24-23(28)27-14-4-5-18(15-27)22-25-21(26-30-22)17-8-12-20(29-2)13-9-17/h6-13,18H,3-5,14-15H2,1-2H3,(H,24,28)/t18-/m1/s1. The summed E-state index contributed by atoms with van der Waals surface area (Å²) in [5, 5.41) is 7.11. The van der Waals surface area contributed by atoms with Crippen LogP contribution in [-0.2, 0) is 6.42 Å². The van der Waals surface area contributed by atoms with E-state index in [0.29, 0.717) is 18.3 Å². The molecular formula is C23H26N4O3. The third kappa shape index (κ3) is 4.45. The van der Waals surface area contributed by atoms with Gasteiger partial charge >= 0.3 is 6.03 Å². The molecule has 1 saturated heterocycles. The van der Waals surface area contributed by atoms with E-state index < -0.39 is 0 Å². The van der Waals surface area contributed by atoms with Crippen molar-refractivity contribution in [2.24, 2.45) is 0 Å². The highest BCUT2D eigenvalue weighted by molar-refractivity contribution is 5.89. The molecule has 0 bridgehead atoms. The third-order valence-corrected chi connectivity index (χ3v) is 5.46. The monoisotopic (exact) mass is 406 g/mol. The van der Waals surface area contributed by atoms with Crippen molar-refractivity contribution in [3.05, 3.63) is 60.0 Å². The second kappa shape index (κ2) is 8.98. The van der Waals surface area contributed by atoms with Gasteiger partial charge in [0.1, 0.15) is 5.75 Å². The number of rotatable bonds is 5. The van der Waals surface area contributed by atoms with Crippen LogP contribution in [0.4, 0.5) is 10.5 Å². The number of benzene rings is 2. The van der Waals surface area contributed by atoms with Crippen molar-refractivity contribution in [1.82, 2.24) is 15.0 Å². The van der Waals surface area contributed by atoms with Gasteiger partial charge in [-0.05, 0) is 61.2 Å². The lowest BCUT2D eigenvalue weighted by molar-refractivity contribution is 0.184. The number of nitrogens with one attached hydrogen (secondary N) is 1. The van der Waals surface area contributed by atoms with Crippen LogP contribution in [0.15, 0.2) is 53.1 Å². The normalized spacial score (nSPS) is 16.3. The SMILES string of the molecule is CCc1ccc(NC(=O)N2CCC[C@@H](c3nc(-c4ccc(OC)cc4)no3)C2)cc1. The van der Waals surface area contributed by atoms with Crippen molar-refractivity contribution >= 4 is 11.7 Å². The molecule has 1 fully saturated rings. The maximum absolute atomic E-state index is 12.7.